The first-order valence-electron chi connectivity index (χ1n) is 6.96. The van der Waals surface area contributed by atoms with Gasteiger partial charge < -0.3 is 9.64 Å². The van der Waals surface area contributed by atoms with Gasteiger partial charge in [0.1, 0.15) is 5.76 Å². The van der Waals surface area contributed by atoms with Gasteiger partial charge in [-0.1, -0.05) is 13.0 Å². The molecule has 0 aliphatic carbocycles. The van der Waals surface area contributed by atoms with Crippen LogP contribution in [0.2, 0.25) is 0 Å². The summed E-state index contributed by atoms with van der Waals surface area (Å²) in [6.07, 6.45) is 10.3. The molecule has 2 nitrogen and oxygen atoms in total. The van der Waals surface area contributed by atoms with Gasteiger partial charge in [-0.2, -0.15) is 0 Å². The summed E-state index contributed by atoms with van der Waals surface area (Å²) in [4.78, 5) is 2.57. The molecule has 1 saturated heterocycles. The van der Waals surface area contributed by atoms with Gasteiger partial charge in [-0.05, 0) is 70.8 Å². The Morgan fingerprint density at radius 2 is 2.06 bits per heavy atom. The van der Waals surface area contributed by atoms with Gasteiger partial charge >= 0.3 is 0 Å². The Bertz CT molecular complexity index is 252. The van der Waals surface area contributed by atoms with Crippen molar-refractivity contribution in [2.45, 2.75) is 40.0 Å². The van der Waals surface area contributed by atoms with Crippen LogP contribution >= 0.6 is 0 Å². The Morgan fingerprint density at radius 3 is 2.65 bits per heavy atom. The average molecular weight is 237 g/mol. The second kappa shape index (κ2) is 8.35. The highest BCUT2D eigenvalue weighted by Crippen LogP contribution is 2.14. The normalized spacial score (nSPS) is 20.1. The number of likely N-dealkylation sites (tertiary alicyclic amines) is 1. The Kier molecular flexibility index (Phi) is 7.02. The Morgan fingerprint density at radius 1 is 1.35 bits per heavy atom. The van der Waals surface area contributed by atoms with E-state index >= 15 is 0 Å². The van der Waals surface area contributed by atoms with E-state index in [1.165, 1.54) is 38.9 Å². The van der Waals surface area contributed by atoms with E-state index in [1.807, 2.05) is 19.9 Å². The van der Waals surface area contributed by atoms with Gasteiger partial charge in [0, 0.05) is 0 Å². The second-order valence-corrected chi connectivity index (χ2v) is 4.82. The van der Waals surface area contributed by atoms with E-state index in [0.717, 1.165) is 12.4 Å². The van der Waals surface area contributed by atoms with Crippen molar-refractivity contribution in [1.82, 2.24) is 4.90 Å². The molecule has 1 unspecified atom stereocenters. The third-order valence-corrected chi connectivity index (χ3v) is 3.19. The van der Waals surface area contributed by atoms with Crippen LogP contribution in [0.3, 0.4) is 0 Å². The van der Waals surface area contributed by atoms with Crippen LogP contribution in [-0.4, -0.2) is 31.1 Å². The molecule has 1 aliphatic heterocycles. The summed E-state index contributed by atoms with van der Waals surface area (Å²) in [5, 5.41) is 0. The maximum absolute atomic E-state index is 5.59. The standard InChI is InChI=1S/C15H27NO/c1-4-8-15(17-5-2)13-14(3)9-12-16-10-6-7-11-16/h4,8,13-14H,5-7,9-12H2,1-3H3/b8-4-,15-13+. The van der Waals surface area contributed by atoms with Crippen LogP contribution < -0.4 is 0 Å². The summed E-state index contributed by atoms with van der Waals surface area (Å²) in [6, 6.07) is 0. The Hall–Kier alpha value is -0.760. The van der Waals surface area contributed by atoms with Crippen molar-refractivity contribution >= 4 is 0 Å². The second-order valence-electron chi connectivity index (χ2n) is 4.82. The lowest BCUT2D eigenvalue weighted by Crippen LogP contribution is -2.21. The van der Waals surface area contributed by atoms with Gasteiger partial charge in [0.15, 0.2) is 0 Å². The summed E-state index contributed by atoms with van der Waals surface area (Å²) in [7, 11) is 0. The van der Waals surface area contributed by atoms with Gasteiger partial charge in [-0.25, -0.2) is 0 Å². The molecule has 0 aromatic rings. The first-order chi connectivity index (χ1) is 8.26. The molecule has 17 heavy (non-hydrogen) atoms. The molecule has 1 fully saturated rings. The van der Waals surface area contributed by atoms with Crippen molar-refractivity contribution in [3.63, 3.8) is 0 Å². The van der Waals surface area contributed by atoms with E-state index < -0.39 is 0 Å². The summed E-state index contributed by atoms with van der Waals surface area (Å²) in [5.74, 6) is 1.61. The highest BCUT2D eigenvalue weighted by molar-refractivity contribution is 5.12. The molecular formula is C15H27NO. The molecule has 1 heterocycles. The predicted molar refractivity (Wildman–Crippen MR) is 74.0 cm³/mol. The fraction of sp³-hybridized carbons (Fsp3) is 0.733. The minimum absolute atomic E-state index is 0.591. The Labute approximate surface area is 106 Å². The van der Waals surface area contributed by atoms with Crippen molar-refractivity contribution < 1.29 is 4.74 Å². The smallest absolute Gasteiger partial charge is 0.115 e. The summed E-state index contributed by atoms with van der Waals surface area (Å²) < 4.78 is 5.59. The summed E-state index contributed by atoms with van der Waals surface area (Å²) in [5.41, 5.74) is 0. The molecule has 0 bridgehead atoms. The third-order valence-electron chi connectivity index (χ3n) is 3.19. The number of nitrogens with zero attached hydrogens (tertiary/aromatic N) is 1. The predicted octanol–water partition coefficient (Wildman–Crippen LogP) is 3.60. The van der Waals surface area contributed by atoms with Gasteiger partial charge in [-0.15, -0.1) is 0 Å². The van der Waals surface area contributed by atoms with E-state index in [1.54, 1.807) is 0 Å². The summed E-state index contributed by atoms with van der Waals surface area (Å²) in [6.45, 7) is 10.9. The van der Waals surface area contributed by atoms with Crippen LogP contribution in [0.25, 0.3) is 0 Å². The highest BCUT2D eigenvalue weighted by Gasteiger charge is 2.11. The first kappa shape index (κ1) is 14.3. The monoisotopic (exact) mass is 237 g/mol. The van der Waals surface area contributed by atoms with Crippen LogP contribution in [-0.2, 0) is 4.74 Å². The van der Waals surface area contributed by atoms with Gasteiger partial charge in [-0.3, -0.25) is 0 Å². The fourth-order valence-electron chi connectivity index (χ4n) is 2.24. The van der Waals surface area contributed by atoms with E-state index in [0.29, 0.717) is 5.92 Å². The van der Waals surface area contributed by atoms with Crippen LogP contribution in [0, 0.1) is 5.92 Å². The minimum Gasteiger partial charge on any atom is -0.494 e. The molecule has 0 spiro atoms. The molecule has 1 aliphatic rings. The Balaban J connectivity index is 2.33. The summed E-state index contributed by atoms with van der Waals surface area (Å²) >= 11 is 0. The van der Waals surface area contributed by atoms with Crippen molar-refractivity contribution in [1.29, 1.82) is 0 Å². The van der Waals surface area contributed by atoms with E-state index in [-0.39, 0.29) is 0 Å². The molecule has 98 valence electrons. The molecule has 0 saturated carbocycles. The van der Waals surface area contributed by atoms with E-state index in [2.05, 4.69) is 24.0 Å². The van der Waals surface area contributed by atoms with Crippen molar-refractivity contribution in [2.24, 2.45) is 5.92 Å². The highest BCUT2D eigenvalue weighted by atomic mass is 16.5. The molecule has 0 aromatic carbocycles. The number of ether oxygens (including phenoxy) is 1. The quantitative estimate of drug-likeness (QED) is 0.495. The van der Waals surface area contributed by atoms with Crippen LogP contribution in [0.15, 0.2) is 24.0 Å². The zero-order valence-corrected chi connectivity index (χ0v) is 11.6. The van der Waals surface area contributed by atoms with Gasteiger partial charge in [0.2, 0.25) is 0 Å². The molecule has 1 atom stereocenters. The third kappa shape index (κ3) is 5.92. The molecule has 0 aromatic heterocycles. The van der Waals surface area contributed by atoms with Gasteiger partial charge in [0.25, 0.3) is 0 Å². The molecule has 1 rings (SSSR count). The lowest BCUT2D eigenvalue weighted by molar-refractivity contribution is 0.238. The van der Waals surface area contributed by atoms with E-state index in [4.69, 9.17) is 4.74 Å². The van der Waals surface area contributed by atoms with Gasteiger partial charge in [0.05, 0.1) is 6.61 Å². The number of rotatable bonds is 7. The molecule has 2 heteroatoms. The molecule has 0 amide bonds. The largest absolute Gasteiger partial charge is 0.494 e. The maximum Gasteiger partial charge on any atom is 0.115 e. The number of allylic oxidation sites excluding steroid dienone is 3. The van der Waals surface area contributed by atoms with Crippen molar-refractivity contribution in [3.05, 3.63) is 24.0 Å². The SMILES string of the molecule is C/C=C\C(=C/C(C)CCN1CCCC1)OCC. The maximum atomic E-state index is 5.59. The average Bonchev–Trinajstić information content (AvgIpc) is 2.80. The lowest BCUT2D eigenvalue weighted by Gasteiger charge is -2.16. The lowest BCUT2D eigenvalue weighted by atomic mass is 10.1. The molecular weight excluding hydrogens is 210 g/mol. The van der Waals surface area contributed by atoms with Crippen LogP contribution in [0.1, 0.15) is 40.0 Å². The van der Waals surface area contributed by atoms with Crippen molar-refractivity contribution in [2.75, 3.05) is 26.2 Å². The molecule has 0 N–H and O–H groups in total. The minimum atomic E-state index is 0.591. The fourth-order valence-corrected chi connectivity index (χ4v) is 2.24. The first-order valence-corrected chi connectivity index (χ1v) is 6.96. The molecule has 0 radical (unpaired) electrons. The number of hydrogen-bond donors (Lipinski definition) is 0. The van der Waals surface area contributed by atoms with Crippen LogP contribution in [0.4, 0.5) is 0 Å². The topological polar surface area (TPSA) is 12.5 Å². The zero-order valence-electron chi connectivity index (χ0n) is 11.6. The number of hydrogen-bond acceptors (Lipinski definition) is 2. The zero-order chi connectivity index (χ0) is 12.5. The van der Waals surface area contributed by atoms with Crippen LogP contribution in [0.5, 0.6) is 0 Å². The van der Waals surface area contributed by atoms with Crippen molar-refractivity contribution in [3.8, 4) is 0 Å². The van der Waals surface area contributed by atoms with E-state index in [9.17, 15) is 0 Å².